The van der Waals surface area contributed by atoms with Gasteiger partial charge in [0.1, 0.15) is 5.01 Å². The van der Waals surface area contributed by atoms with E-state index in [4.69, 9.17) is 17.3 Å². The Kier molecular flexibility index (Phi) is 5.48. The molecule has 3 N–H and O–H groups in total. The van der Waals surface area contributed by atoms with Crippen LogP contribution in [0.15, 0.2) is 23.6 Å². The molecule has 2 aromatic rings. The lowest BCUT2D eigenvalue weighted by atomic mass is 10.2. The van der Waals surface area contributed by atoms with E-state index in [0.29, 0.717) is 28.5 Å². The zero-order valence-electron chi connectivity index (χ0n) is 11.8. The minimum absolute atomic E-state index is 0.106. The van der Waals surface area contributed by atoms with Crippen molar-refractivity contribution in [1.82, 2.24) is 4.98 Å². The molecule has 0 atom stereocenters. The second-order valence-corrected chi connectivity index (χ2v) is 5.70. The largest absolute Gasteiger partial charge is 0.465 e. The predicted molar refractivity (Wildman–Crippen MR) is 85.1 cm³/mol. The maximum Gasteiger partial charge on any atom is 0.337 e. The summed E-state index contributed by atoms with van der Waals surface area (Å²) in [4.78, 5) is 27.7. The van der Waals surface area contributed by atoms with E-state index in [1.165, 1.54) is 36.6 Å². The molecule has 0 spiro atoms. The van der Waals surface area contributed by atoms with Gasteiger partial charge in [0.25, 0.3) is 0 Å². The van der Waals surface area contributed by atoms with Gasteiger partial charge < -0.3 is 15.8 Å². The SMILES string of the molecule is COC(=O)c1ccc(Cl)c(NC(=O)Cc2csc(CN)n2)c1. The number of aromatic nitrogens is 1. The number of nitrogens with zero attached hydrogens (tertiary/aromatic N) is 1. The van der Waals surface area contributed by atoms with Gasteiger partial charge in [0.05, 0.1) is 35.5 Å². The number of methoxy groups -OCH3 is 1. The number of rotatable bonds is 5. The van der Waals surface area contributed by atoms with Crippen molar-refractivity contribution >= 4 is 40.5 Å². The Morgan fingerprint density at radius 3 is 2.86 bits per heavy atom. The summed E-state index contributed by atoms with van der Waals surface area (Å²) in [7, 11) is 1.28. The van der Waals surface area contributed by atoms with Crippen LogP contribution in [0, 0.1) is 0 Å². The molecule has 0 aliphatic carbocycles. The fourth-order valence-electron chi connectivity index (χ4n) is 1.75. The molecule has 1 aromatic heterocycles. The van der Waals surface area contributed by atoms with E-state index in [9.17, 15) is 9.59 Å². The topological polar surface area (TPSA) is 94.3 Å². The van der Waals surface area contributed by atoms with Crippen molar-refractivity contribution in [2.45, 2.75) is 13.0 Å². The van der Waals surface area contributed by atoms with Crippen LogP contribution in [0.4, 0.5) is 5.69 Å². The molecule has 8 heteroatoms. The molecule has 0 radical (unpaired) electrons. The lowest BCUT2D eigenvalue weighted by Crippen LogP contribution is -2.15. The highest BCUT2D eigenvalue weighted by Crippen LogP contribution is 2.23. The monoisotopic (exact) mass is 339 g/mol. The zero-order valence-corrected chi connectivity index (χ0v) is 13.3. The Bertz CT molecular complexity index is 702. The Labute approximate surface area is 136 Å². The number of nitrogens with one attached hydrogen (secondary N) is 1. The third-order valence-electron chi connectivity index (χ3n) is 2.78. The molecule has 6 nitrogen and oxygen atoms in total. The van der Waals surface area contributed by atoms with Crippen molar-refractivity contribution in [3.05, 3.63) is 44.9 Å². The minimum atomic E-state index is -0.501. The number of ether oxygens (including phenoxy) is 1. The quantitative estimate of drug-likeness (QED) is 0.814. The number of hydrogen-bond donors (Lipinski definition) is 2. The lowest BCUT2D eigenvalue weighted by molar-refractivity contribution is -0.115. The van der Waals surface area contributed by atoms with Gasteiger partial charge in [-0.3, -0.25) is 4.79 Å². The smallest absolute Gasteiger partial charge is 0.337 e. The summed E-state index contributed by atoms with van der Waals surface area (Å²) >= 11 is 7.43. The first-order valence-electron chi connectivity index (χ1n) is 6.34. The van der Waals surface area contributed by atoms with Gasteiger partial charge in [0.2, 0.25) is 5.91 Å². The van der Waals surface area contributed by atoms with Gasteiger partial charge in [0, 0.05) is 11.9 Å². The number of hydrogen-bond acceptors (Lipinski definition) is 6. The molecule has 0 aliphatic rings. The first-order chi connectivity index (χ1) is 10.5. The Morgan fingerprint density at radius 1 is 1.45 bits per heavy atom. The Hall–Kier alpha value is -1.96. The number of halogens is 1. The number of anilines is 1. The molecule has 22 heavy (non-hydrogen) atoms. The molecular weight excluding hydrogens is 326 g/mol. The molecule has 1 amide bonds. The Balaban J connectivity index is 2.08. The average molecular weight is 340 g/mol. The molecule has 0 saturated carbocycles. The van der Waals surface area contributed by atoms with Gasteiger partial charge >= 0.3 is 5.97 Å². The van der Waals surface area contributed by atoms with Crippen molar-refractivity contribution < 1.29 is 14.3 Å². The number of benzene rings is 1. The Morgan fingerprint density at radius 2 is 2.23 bits per heavy atom. The molecule has 0 aliphatic heterocycles. The first-order valence-corrected chi connectivity index (χ1v) is 7.60. The first kappa shape index (κ1) is 16.4. The summed E-state index contributed by atoms with van der Waals surface area (Å²) in [6.07, 6.45) is 0.106. The zero-order chi connectivity index (χ0) is 16.1. The number of amides is 1. The van der Waals surface area contributed by atoms with Crippen LogP contribution in [-0.2, 0) is 22.5 Å². The summed E-state index contributed by atoms with van der Waals surface area (Å²) in [5.74, 6) is -0.781. The molecule has 0 bridgehead atoms. The van der Waals surface area contributed by atoms with Gasteiger partial charge in [-0.2, -0.15) is 0 Å². The molecule has 2 rings (SSSR count). The van der Waals surface area contributed by atoms with Crippen molar-refractivity contribution in [3.63, 3.8) is 0 Å². The van der Waals surface area contributed by atoms with E-state index in [0.717, 1.165) is 5.01 Å². The highest BCUT2D eigenvalue weighted by Gasteiger charge is 2.12. The number of thiazole rings is 1. The molecule has 1 aromatic carbocycles. The number of esters is 1. The van der Waals surface area contributed by atoms with Crippen LogP contribution in [0.2, 0.25) is 5.02 Å². The number of nitrogens with two attached hydrogens (primary N) is 1. The normalized spacial score (nSPS) is 10.3. The van der Waals surface area contributed by atoms with Gasteiger partial charge in [-0.25, -0.2) is 9.78 Å². The highest BCUT2D eigenvalue weighted by atomic mass is 35.5. The van der Waals surface area contributed by atoms with Crippen molar-refractivity contribution in [1.29, 1.82) is 0 Å². The molecule has 0 unspecified atom stereocenters. The van der Waals surface area contributed by atoms with E-state index in [1.807, 2.05) is 0 Å². The second-order valence-electron chi connectivity index (χ2n) is 4.35. The van der Waals surface area contributed by atoms with Crippen molar-refractivity contribution in [2.75, 3.05) is 12.4 Å². The average Bonchev–Trinajstić information content (AvgIpc) is 2.96. The highest BCUT2D eigenvalue weighted by molar-refractivity contribution is 7.09. The minimum Gasteiger partial charge on any atom is -0.465 e. The summed E-state index contributed by atoms with van der Waals surface area (Å²) in [6, 6.07) is 4.52. The number of carbonyl (C=O) groups is 2. The van der Waals surface area contributed by atoms with E-state index in [1.54, 1.807) is 5.38 Å². The number of carbonyl (C=O) groups excluding carboxylic acids is 2. The van der Waals surface area contributed by atoms with Gasteiger partial charge in [-0.1, -0.05) is 11.6 Å². The molecule has 0 saturated heterocycles. The second kappa shape index (κ2) is 7.35. The third-order valence-corrected chi connectivity index (χ3v) is 4.03. The molecule has 1 heterocycles. The summed E-state index contributed by atoms with van der Waals surface area (Å²) in [5.41, 5.74) is 6.78. The molecular formula is C14H14ClN3O3S. The van der Waals surface area contributed by atoms with Crippen LogP contribution < -0.4 is 11.1 Å². The van der Waals surface area contributed by atoms with E-state index < -0.39 is 5.97 Å². The van der Waals surface area contributed by atoms with E-state index in [2.05, 4.69) is 15.0 Å². The van der Waals surface area contributed by atoms with Crippen LogP contribution >= 0.6 is 22.9 Å². The van der Waals surface area contributed by atoms with Crippen LogP contribution in [0.3, 0.4) is 0 Å². The third kappa shape index (κ3) is 4.03. The summed E-state index contributed by atoms with van der Waals surface area (Å²) in [6.45, 7) is 0.347. The summed E-state index contributed by atoms with van der Waals surface area (Å²) < 4.78 is 4.63. The fourth-order valence-corrected chi connectivity index (χ4v) is 2.59. The maximum atomic E-state index is 12.0. The summed E-state index contributed by atoms with van der Waals surface area (Å²) in [5, 5.41) is 5.55. The van der Waals surface area contributed by atoms with Crippen LogP contribution in [0.5, 0.6) is 0 Å². The predicted octanol–water partition coefficient (Wildman–Crippen LogP) is 2.22. The van der Waals surface area contributed by atoms with Gasteiger partial charge in [-0.15, -0.1) is 11.3 Å². The maximum absolute atomic E-state index is 12.0. The van der Waals surface area contributed by atoms with Crippen LogP contribution in [-0.4, -0.2) is 24.0 Å². The lowest BCUT2D eigenvalue weighted by Gasteiger charge is -2.08. The fraction of sp³-hybridized carbons (Fsp3) is 0.214. The van der Waals surface area contributed by atoms with Crippen LogP contribution in [0.25, 0.3) is 0 Å². The standard InChI is InChI=1S/C14H14ClN3O3S/c1-21-14(20)8-2-3-10(15)11(4-8)18-12(19)5-9-7-22-13(6-16)17-9/h2-4,7H,5-6,16H2,1H3,(H,18,19). The van der Waals surface area contributed by atoms with Crippen molar-refractivity contribution in [2.24, 2.45) is 5.73 Å². The molecule has 116 valence electrons. The van der Waals surface area contributed by atoms with Crippen LogP contribution in [0.1, 0.15) is 21.1 Å². The van der Waals surface area contributed by atoms with E-state index in [-0.39, 0.29) is 12.3 Å². The van der Waals surface area contributed by atoms with Gasteiger partial charge in [-0.05, 0) is 18.2 Å². The van der Waals surface area contributed by atoms with Crippen molar-refractivity contribution in [3.8, 4) is 0 Å². The molecule has 0 fully saturated rings. The van der Waals surface area contributed by atoms with E-state index >= 15 is 0 Å². The van der Waals surface area contributed by atoms with Gasteiger partial charge in [0.15, 0.2) is 0 Å².